The minimum atomic E-state index is 0.142. The molecule has 0 spiro atoms. The normalized spacial score (nSPS) is 19.2. The van der Waals surface area contributed by atoms with E-state index in [-0.39, 0.29) is 11.8 Å². The molecule has 1 amide bonds. The minimum absolute atomic E-state index is 0.142. The Balaban J connectivity index is 1.32. The van der Waals surface area contributed by atoms with Crippen LogP contribution in [0.1, 0.15) is 45.9 Å². The molecule has 0 bridgehead atoms. The van der Waals surface area contributed by atoms with E-state index >= 15 is 0 Å². The van der Waals surface area contributed by atoms with Gasteiger partial charge in [0.1, 0.15) is 0 Å². The maximum Gasteiger partial charge on any atom is 0.254 e. The van der Waals surface area contributed by atoms with Crippen molar-refractivity contribution in [3.8, 4) is 11.3 Å². The van der Waals surface area contributed by atoms with Gasteiger partial charge in [-0.1, -0.05) is 48.0 Å². The number of likely N-dealkylation sites (tertiary alicyclic amines) is 1. The Morgan fingerprint density at radius 1 is 1.00 bits per heavy atom. The highest BCUT2D eigenvalue weighted by Crippen LogP contribution is 2.29. The molecule has 1 aromatic heterocycles. The summed E-state index contributed by atoms with van der Waals surface area (Å²) in [6, 6.07) is 22.8. The molecule has 5 rings (SSSR count). The molecule has 0 radical (unpaired) electrons. The Kier molecular flexibility index (Phi) is 7.02. The van der Waals surface area contributed by atoms with E-state index in [0.717, 1.165) is 86.9 Å². The van der Waals surface area contributed by atoms with Crippen molar-refractivity contribution in [1.82, 2.24) is 14.8 Å². The number of amides is 1. The van der Waals surface area contributed by atoms with Gasteiger partial charge in [0.15, 0.2) is 0 Å². The molecule has 1 unspecified atom stereocenters. The van der Waals surface area contributed by atoms with Crippen LogP contribution in [0.15, 0.2) is 66.7 Å². The molecule has 176 valence electrons. The van der Waals surface area contributed by atoms with Crippen LogP contribution in [0.3, 0.4) is 0 Å². The fraction of sp³-hybridized carbons (Fsp3) is 0.379. The minimum Gasteiger partial charge on any atom is -0.379 e. The first-order valence-electron chi connectivity index (χ1n) is 12.4. The van der Waals surface area contributed by atoms with Gasteiger partial charge in [0.2, 0.25) is 0 Å². The van der Waals surface area contributed by atoms with Gasteiger partial charge in [-0.2, -0.15) is 0 Å². The van der Waals surface area contributed by atoms with E-state index in [9.17, 15) is 4.79 Å². The van der Waals surface area contributed by atoms with Crippen molar-refractivity contribution in [3.05, 3.63) is 89.1 Å². The van der Waals surface area contributed by atoms with E-state index < -0.39 is 0 Å². The number of piperidine rings is 1. The molecule has 3 heterocycles. The molecular weight excluding hydrogens is 422 g/mol. The molecule has 2 aliphatic heterocycles. The van der Waals surface area contributed by atoms with E-state index in [4.69, 9.17) is 9.72 Å². The molecule has 2 saturated heterocycles. The monoisotopic (exact) mass is 455 g/mol. The number of morpholine rings is 1. The highest BCUT2D eigenvalue weighted by molar-refractivity contribution is 5.95. The van der Waals surface area contributed by atoms with Gasteiger partial charge in [0.25, 0.3) is 5.91 Å². The molecule has 2 aromatic carbocycles. The van der Waals surface area contributed by atoms with Crippen molar-refractivity contribution >= 4 is 5.91 Å². The zero-order valence-electron chi connectivity index (χ0n) is 20.0. The average molecular weight is 456 g/mol. The fourth-order valence-electron chi connectivity index (χ4n) is 5.08. The first-order valence-corrected chi connectivity index (χ1v) is 12.4. The SMILES string of the molecule is Cc1cccc(-c2cccc(C3CCCN(C(=O)c4ccccc4CN4CCOCC4)C3)n2)c1. The summed E-state index contributed by atoms with van der Waals surface area (Å²) in [5.41, 5.74) is 6.39. The number of hydrogen-bond donors (Lipinski definition) is 0. The van der Waals surface area contributed by atoms with Crippen LogP contribution in [0.4, 0.5) is 0 Å². The molecule has 0 aliphatic carbocycles. The van der Waals surface area contributed by atoms with Crippen LogP contribution in [-0.2, 0) is 11.3 Å². The van der Waals surface area contributed by atoms with E-state index in [1.54, 1.807) is 0 Å². The molecule has 5 heteroatoms. The number of pyridine rings is 1. The number of benzene rings is 2. The summed E-state index contributed by atoms with van der Waals surface area (Å²) in [6.07, 6.45) is 2.06. The van der Waals surface area contributed by atoms with Crippen LogP contribution in [0, 0.1) is 6.92 Å². The topological polar surface area (TPSA) is 45.7 Å². The second-order valence-corrected chi connectivity index (χ2v) is 9.45. The first kappa shape index (κ1) is 22.8. The van der Waals surface area contributed by atoms with Gasteiger partial charge in [-0.25, -0.2) is 0 Å². The number of aryl methyl sites for hydroxylation is 1. The zero-order chi connectivity index (χ0) is 23.3. The molecule has 0 N–H and O–H groups in total. The predicted molar refractivity (Wildman–Crippen MR) is 135 cm³/mol. The van der Waals surface area contributed by atoms with Crippen LogP contribution in [0.2, 0.25) is 0 Å². The Morgan fingerprint density at radius 3 is 2.68 bits per heavy atom. The van der Waals surface area contributed by atoms with Crippen LogP contribution < -0.4 is 0 Å². The highest BCUT2D eigenvalue weighted by atomic mass is 16.5. The summed E-state index contributed by atoms with van der Waals surface area (Å²) >= 11 is 0. The molecule has 34 heavy (non-hydrogen) atoms. The second-order valence-electron chi connectivity index (χ2n) is 9.45. The summed E-state index contributed by atoms with van der Waals surface area (Å²) < 4.78 is 5.48. The molecule has 5 nitrogen and oxygen atoms in total. The lowest BCUT2D eigenvalue weighted by atomic mass is 9.93. The number of ether oxygens (including phenoxy) is 1. The standard InChI is InChI=1S/C29H33N3O2/c1-22-7-4-9-23(19-22)27-12-5-13-28(30-27)25-10-6-14-32(21-25)29(33)26-11-3-2-8-24(26)20-31-15-17-34-18-16-31/h2-5,7-9,11-13,19,25H,6,10,14-18,20-21H2,1H3. The number of nitrogens with zero attached hydrogens (tertiary/aromatic N) is 3. The van der Waals surface area contributed by atoms with Gasteiger partial charge in [-0.15, -0.1) is 0 Å². The maximum absolute atomic E-state index is 13.6. The number of aromatic nitrogens is 1. The average Bonchev–Trinajstić information content (AvgIpc) is 2.89. The van der Waals surface area contributed by atoms with Crippen molar-refractivity contribution in [3.63, 3.8) is 0 Å². The van der Waals surface area contributed by atoms with E-state index in [1.165, 1.54) is 5.56 Å². The molecule has 0 saturated carbocycles. The smallest absolute Gasteiger partial charge is 0.254 e. The number of rotatable bonds is 5. The van der Waals surface area contributed by atoms with Crippen LogP contribution >= 0.6 is 0 Å². The second kappa shape index (κ2) is 10.5. The number of carbonyl (C=O) groups is 1. The lowest BCUT2D eigenvalue weighted by Gasteiger charge is -2.33. The highest BCUT2D eigenvalue weighted by Gasteiger charge is 2.28. The molecule has 2 fully saturated rings. The number of carbonyl (C=O) groups excluding carboxylic acids is 1. The largest absolute Gasteiger partial charge is 0.379 e. The third-order valence-electron chi connectivity index (χ3n) is 6.96. The van der Waals surface area contributed by atoms with Gasteiger partial charge < -0.3 is 9.64 Å². The summed E-state index contributed by atoms with van der Waals surface area (Å²) in [6.45, 7) is 7.77. The van der Waals surface area contributed by atoms with Crippen molar-refractivity contribution in [2.45, 2.75) is 32.2 Å². The van der Waals surface area contributed by atoms with Gasteiger partial charge in [0.05, 0.1) is 18.9 Å². The molecular formula is C29H33N3O2. The van der Waals surface area contributed by atoms with Crippen molar-refractivity contribution in [2.24, 2.45) is 0 Å². The van der Waals surface area contributed by atoms with Crippen molar-refractivity contribution < 1.29 is 9.53 Å². The quantitative estimate of drug-likeness (QED) is 0.549. The van der Waals surface area contributed by atoms with Crippen LogP contribution in [0.25, 0.3) is 11.3 Å². The van der Waals surface area contributed by atoms with Crippen LogP contribution in [-0.4, -0.2) is 60.1 Å². The third-order valence-corrected chi connectivity index (χ3v) is 6.96. The maximum atomic E-state index is 13.6. The van der Waals surface area contributed by atoms with Gasteiger partial charge in [-0.05, 0) is 49.6 Å². The molecule has 1 atom stereocenters. The Bertz CT molecular complexity index is 1140. The predicted octanol–water partition coefficient (Wildman–Crippen LogP) is 4.91. The summed E-state index contributed by atoms with van der Waals surface area (Å²) in [5, 5.41) is 0. The van der Waals surface area contributed by atoms with E-state index in [0.29, 0.717) is 0 Å². The number of hydrogen-bond acceptors (Lipinski definition) is 4. The van der Waals surface area contributed by atoms with Crippen molar-refractivity contribution in [2.75, 3.05) is 39.4 Å². The Labute approximate surface area is 202 Å². The van der Waals surface area contributed by atoms with Gasteiger partial charge in [0, 0.05) is 55.5 Å². The van der Waals surface area contributed by atoms with E-state index in [1.807, 2.05) is 23.1 Å². The molecule has 2 aliphatic rings. The molecule has 3 aromatic rings. The third kappa shape index (κ3) is 5.21. The summed E-state index contributed by atoms with van der Waals surface area (Å²) in [7, 11) is 0. The summed E-state index contributed by atoms with van der Waals surface area (Å²) in [4.78, 5) is 23.0. The first-order chi connectivity index (χ1) is 16.7. The van der Waals surface area contributed by atoms with E-state index in [2.05, 4.69) is 60.4 Å². The lowest BCUT2D eigenvalue weighted by molar-refractivity contribution is 0.0339. The Hall–Kier alpha value is -3.02. The van der Waals surface area contributed by atoms with Gasteiger partial charge >= 0.3 is 0 Å². The lowest BCUT2D eigenvalue weighted by Crippen LogP contribution is -2.40. The van der Waals surface area contributed by atoms with Crippen LogP contribution in [0.5, 0.6) is 0 Å². The zero-order valence-corrected chi connectivity index (χ0v) is 20.0. The fourth-order valence-corrected chi connectivity index (χ4v) is 5.08. The van der Waals surface area contributed by atoms with Gasteiger partial charge in [-0.3, -0.25) is 14.7 Å². The Morgan fingerprint density at radius 2 is 1.82 bits per heavy atom. The van der Waals surface area contributed by atoms with Crippen molar-refractivity contribution in [1.29, 1.82) is 0 Å². The summed E-state index contributed by atoms with van der Waals surface area (Å²) in [5.74, 6) is 0.400.